The Labute approximate surface area is 116 Å². The summed E-state index contributed by atoms with van der Waals surface area (Å²) in [6.07, 6.45) is 6.25. The zero-order chi connectivity index (χ0) is 13.2. The van der Waals surface area contributed by atoms with Crippen molar-refractivity contribution < 1.29 is 4.39 Å². The van der Waals surface area contributed by atoms with Gasteiger partial charge in [-0.3, -0.25) is 0 Å². The minimum Gasteiger partial charge on any atom is -0.333 e. The van der Waals surface area contributed by atoms with Gasteiger partial charge in [-0.1, -0.05) is 23.7 Å². The molecular formula is C14H15ClFN3. The number of imidazole rings is 1. The molecule has 0 unspecified atom stereocenters. The first kappa shape index (κ1) is 12.6. The average molecular weight is 280 g/mol. The van der Waals surface area contributed by atoms with Gasteiger partial charge in [0.25, 0.3) is 0 Å². The maximum atomic E-state index is 13.3. The van der Waals surface area contributed by atoms with E-state index in [4.69, 9.17) is 11.6 Å². The standard InChI is InChI=1S/C14H15ClFN3/c15-14-10(2-1-3-13(14)16)7-19-8-12(18-9-19)6-17-11-4-5-11/h1-3,8-9,11,17H,4-7H2. The first-order valence-electron chi connectivity index (χ1n) is 6.39. The van der Waals surface area contributed by atoms with Crippen LogP contribution < -0.4 is 5.32 Å². The highest BCUT2D eigenvalue weighted by Crippen LogP contribution is 2.21. The fourth-order valence-electron chi connectivity index (χ4n) is 1.99. The zero-order valence-electron chi connectivity index (χ0n) is 10.4. The highest BCUT2D eigenvalue weighted by Gasteiger charge is 2.20. The van der Waals surface area contributed by atoms with Crippen LogP contribution in [0.2, 0.25) is 5.02 Å². The number of hydrogen-bond donors (Lipinski definition) is 1. The van der Waals surface area contributed by atoms with Crippen molar-refractivity contribution in [2.45, 2.75) is 32.0 Å². The van der Waals surface area contributed by atoms with E-state index in [9.17, 15) is 4.39 Å². The van der Waals surface area contributed by atoms with Gasteiger partial charge in [0.2, 0.25) is 0 Å². The van der Waals surface area contributed by atoms with Gasteiger partial charge in [0.05, 0.1) is 23.6 Å². The van der Waals surface area contributed by atoms with E-state index < -0.39 is 0 Å². The molecular weight excluding hydrogens is 265 g/mol. The Bertz CT molecular complexity index is 578. The normalized spacial score (nSPS) is 14.8. The molecule has 0 bridgehead atoms. The van der Waals surface area contributed by atoms with E-state index in [0.717, 1.165) is 17.8 Å². The lowest BCUT2D eigenvalue weighted by Gasteiger charge is -2.05. The highest BCUT2D eigenvalue weighted by atomic mass is 35.5. The van der Waals surface area contributed by atoms with Crippen LogP contribution in [0.4, 0.5) is 4.39 Å². The summed E-state index contributed by atoms with van der Waals surface area (Å²) >= 11 is 5.94. The molecule has 0 aliphatic heterocycles. The zero-order valence-corrected chi connectivity index (χ0v) is 11.2. The first-order valence-corrected chi connectivity index (χ1v) is 6.77. The van der Waals surface area contributed by atoms with Gasteiger partial charge >= 0.3 is 0 Å². The smallest absolute Gasteiger partial charge is 0.142 e. The lowest BCUT2D eigenvalue weighted by atomic mass is 10.2. The molecule has 1 aliphatic carbocycles. The van der Waals surface area contributed by atoms with Crippen LogP contribution >= 0.6 is 11.6 Å². The predicted molar refractivity (Wildman–Crippen MR) is 72.6 cm³/mol. The van der Waals surface area contributed by atoms with Crippen molar-refractivity contribution in [2.75, 3.05) is 0 Å². The number of halogens is 2. The van der Waals surface area contributed by atoms with Gasteiger partial charge in [0, 0.05) is 18.8 Å². The van der Waals surface area contributed by atoms with Gasteiger partial charge in [0.1, 0.15) is 5.82 Å². The molecule has 0 amide bonds. The van der Waals surface area contributed by atoms with E-state index in [1.165, 1.54) is 18.9 Å². The minimum absolute atomic E-state index is 0.189. The third kappa shape index (κ3) is 3.14. The van der Waals surface area contributed by atoms with Crippen LogP contribution in [-0.2, 0) is 13.1 Å². The molecule has 100 valence electrons. The molecule has 0 spiro atoms. The molecule has 19 heavy (non-hydrogen) atoms. The Hall–Kier alpha value is -1.39. The van der Waals surface area contributed by atoms with Crippen molar-refractivity contribution in [1.29, 1.82) is 0 Å². The number of benzene rings is 1. The van der Waals surface area contributed by atoms with Crippen LogP contribution in [0.5, 0.6) is 0 Å². The third-order valence-corrected chi connectivity index (χ3v) is 3.64. The van der Waals surface area contributed by atoms with Gasteiger partial charge in [-0.2, -0.15) is 0 Å². The lowest BCUT2D eigenvalue weighted by molar-refractivity contribution is 0.624. The predicted octanol–water partition coefficient (Wildman–Crippen LogP) is 2.98. The van der Waals surface area contributed by atoms with Gasteiger partial charge < -0.3 is 9.88 Å². The Balaban J connectivity index is 1.67. The molecule has 1 aliphatic rings. The van der Waals surface area contributed by atoms with Gasteiger partial charge in [-0.15, -0.1) is 0 Å². The van der Waals surface area contributed by atoms with Crippen LogP contribution in [-0.4, -0.2) is 15.6 Å². The van der Waals surface area contributed by atoms with Crippen LogP contribution in [0, 0.1) is 5.82 Å². The lowest BCUT2D eigenvalue weighted by Crippen LogP contribution is -2.15. The minimum atomic E-state index is -0.380. The number of nitrogens with zero attached hydrogens (tertiary/aromatic N) is 2. The van der Waals surface area contributed by atoms with E-state index in [0.29, 0.717) is 12.6 Å². The van der Waals surface area contributed by atoms with E-state index in [2.05, 4.69) is 10.3 Å². The highest BCUT2D eigenvalue weighted by molar-refractivity contribution is 6.31. The molecule has 1 aromatic heterocycles. The molecule has 0 saturated heterocycles. The quantitative estimate of drug-likeness (QED) is 0.912. The average Bonchev–Trinajstić information content (AvgIpc) is 3.13. The third-order valence-electron chi connectivity index (χ3n) is 3.22. The first-order chi connectivity index (χ1) is 9.22. The van der Waals surface area contributed by atoms with E-state index in [-0.39, 0.29) is 10.8 Å². The van der Waals surface area contributed by atoms with Crippen LogP contribution in [0.25, 0.3) is 0 Å². The van der Waals surface area contributed by atoms with Crippen molar-refractivity contribution in [2.24, 2.45) is 0 Å². The molecule has 1 N–H and O–H groups in total. The largest absolute Gasteiger partial charge is 0.333 e. The van der Waals surface area contributed by atoms with Crippen molar-refractivity contribution in [3.8, 4) is 0 Å². The van der Waals surface area contributed by atoms with Crippen LogP contribution in [0.15, 0.2) is 30.7 Å². The van der Waals surface area contributed by atoms with Gasteiger partial charge in [0.15, 0.2) is 0 Å². The fraction of sp³-hybridized carbons (Fsp3) is 0.357. The van der Waals surface area contributed by atoms with Crippen LogP contribution in [0.3, 0.4) is 0 Å². The topological polar surface area (TPSA) is 29.9 Å². The number of rotatable bonds is 5. The van der Waals surface area contributed by atoms with Gasteiger partial charge in [-0.05, 0) is 24.5 Å². The summed E-state index contributed by atoms with van der Waals surface area (Å²) in [5, 5.41) is 3.60. The molecule has 5 heteroatoms. The van der Waals surface area contributed by atoms with Crippen LogP contribution in [0.1, 0.15) is 24.1 Å². The van der Waals surface area contributed by atoms with E-state index in [1.807, 2.05) is 16.8 Å². The molecule has 1 saturated carbocycles. The molecule has 1 aromatic carbocycles. The van der Waals surface area contributed by atoms with Crippen molar-refractivity contribution in [3.05, 3.63) is 52.8 Å². The Morgan fingerprint density at radius 2 is 2.26 bits per heavy atom. The number of aromatic nitrogens is 2. The fourth-order valence-corrected chi connectivity index (χ4v) is 2.17. The second-order valence-electron chi connectivity index (χ2n) is 4.91. The van der Waals surface area contributed by atoms with Crippen molar-refractivity contribution >= 4 is 11.6 Å². The molecule has 1 heterocycles. The monoisotopic (exact) mass is 279 g/mol. The molecule has 3 nitrogen and oxygen atoms in total. The Kier molecular flexibility index (Phi) is 3.53. The summed E-state index contributed by atoms with van der Waals surface area (Å²) in [4.78, 5) is 4.33. The number of nitrogens with one attached hydrogen (secondary N) is 1. The summed E-state index contributed by atoms with van der Waals surface area (Å²) in [7, 11) is 0. The maximum absolute atomic E-state index is 13.3. The Morgan fingerprint density at radius 1 is 1.42 bits per heavy atom. The van der Waals surface area contributed by atoms with Crippen molar-refractivity contribution in [3.63, 3.8) is 0 Å². The second kappa shape index (κ2) is 5.31. The SMILES string of the molecule is Fc1cccc(Cn2cnc(CNC3CC3)c2)c1Cl. The molecule has 0 atom stereocenters. The summed E-state index contributed by atoms with van der Waals surface area (Å²) in [6.45, 7) is 1.32. The summed E-state index contributed by atoms with van der Waals surface area (Å²) in [5.41, 5.74) is 1.76. The van der Waals surface area contributed by atoms with E-state index in [1.54, 1.807) is 12.4 Å². The molecule has 0 radical (unpaired) electrons. The molecule has 3 rings (SSSR count). The van der Waals surface area contributed by atoms with E-state index >= 15 is 0 Å². The Morgan fingerprint density at radius 3 is 3.05 bits per heavy atom. The molecule has 2 aromatic rings. The second-order valence-corrected chi connectivity index (χ2v) is 5.28. The number of hydrogen-bond acceptors (Lipinski definition) is 2. The van der Waals surface area contributed by atoms with Gasteiger partial charge in [-0.25, -0.2) is 9.37 Å². The molecule has 1 fully saturated rings. The van der Waals surface area contributed by atoms with Crippen molar-refractivity contribution in [1.82, 2.24) is 14.9 Å². The summed E-state index contributed by atoms with van der Waals surface area (Å²) < 4.78 is 15.3. The maximum Gasteiger partial charge on any atom is 0.142 e. The summed E-state index contributed by atoms with van der Waals surface area (Å²) in [6, 6.07) is 5.53. The summed E-state index contributed by atoms with van der Waals surface area (Å²) in [5.74, 6) is -0.380.